The zero-order valence-corrected chi connectivity index (χ0v) is 7.36. The van der Waals surface area contributed by atoms with Gasteiger partial charge in [-0.2, -0.15) is 0 Å². The summed E-state index contributed by atoms with van der Waals surface area (Å²) >= 11 is 0. The molecule has 0 N–H and O–H groups in total. The summed E-state index contributed by atoms with van der Waals surface area (Å²) in [6.45, 7) is 2.77. The molecule has 1 saturated heterocycles. The average molecular weight is 176 g/mol. The van der Waals surface area contributed by atoms with Gasteiger partial charge in [-0.15, -0.1) is 0 Å². The first-order valence-electron chi connectivity index (χ1n) is 3.61. The smallest absolute Gasteiger partial charge is 0.189 e. The van der Waals surface area contributed by atoms with Crippen molar-refractivity contribution in [2.45, 2.75) is 13.3 Å². The highest BCUT2D eigenvalue weighted by atomic mass is 32.2. The molecule has 1 rings (SSSR count). The fourth-order valence-electron chi connectivity index (χ4n) is 0.776. The van der Waals surface area contributed by atoms with E-state index in [0.717, 1.165) is 6.42 Å². The summed E-state index contributed by atoms with van der Waals surface area (Å²) in [5.41, 5.74) is 0. The van der Waals surface area contributed by atoms with Crippen molar-refractivity contribution in [3.63, 3.8) is 0 Å². The molecule has 0 radical (unpaired) electrons. The van der Waals surface area contributed by atoms with Crippen LogP contribution in [0.2, 0.25) is 0 Å². The third kappa shape index (κ3) is 3.03. The molecule has 1 unspecified atom stereocenters. The Kier molecular flexibility index (Phi) is 3.59. The summed E-state index contributed by atoms with van der Waals surface area (Å²) in [6, 6.07) is 0. The normalized spacial score (nSPS) is 23.5. The Morgan fingerprint density at radius 2 is 2.55 bits per heavy atom. The largest absolute Gasteiger partial charge is 0.469 e. The van der Waals surface area contributed by atoms with Crippen molar-refractivity contribution in [2.24, 2.45) is 0 Å². The lowest BCUT2D eigenvalue weighted by Crippen LogP contribution is -1.94. The van der Waals surface area contributed by atoms with E-state index >= 15 is 0 Å². The Hall–Kier alpha value is -0.350. The van der Waals surface area contributed by atoms with Gasteiger partial charge in [0.15, 0.2) is 6.79 Å². The first-order valence-corrected chi connectivity index (χ1v) is 4.99. The van der Waals surface area contributed by atoms with Crippen molar-refractivity contribution in [1.29, 1.82) is 0 Å². The topological polar surface area (TPSA) is 35.5 Å². The van der Waals surface area contributed by atoms with Crippen LogP contribution in [0.15, 0.2) is 11.2 Å². The third-order valence-electron chi connectivity index (χ3n) is 1.24. The predicted molar refractivity (Wildman–Crippen MR) is 43.3 cm³/mol. The summed E-state index contributed by atoms with van der Waals surface area (Å²) in [7, 11) is -0.877. The highest BCUT2D eigenvalue weighted by Crippen LogP contribution is 2.07. The van der Waals surface area contributed by atoms with Gasteiger partial charge >= 0.3 is 0 Å². The van der Waals surface area contributed by atoms with Gasteiger partial charge in [-0.05, 0) is 6.42 Å². The molecular formula is C7H12O3S. The minimum atomic E-state index is -0.877. The van der Waals surface area contributed by atoms with Gasteiger partial charge in [0.05, 0.1) is 0 Å². The van der Waals surface area contributed by atoms with Gasteiger partial charge in [-0.25, -0.2) is 0 Å². The zero-order valence-electron chi connectivity index (χ0n) is 6.54. The third-order valence-corrected chi connectivity index (χ3v) is 2.58. The monoisotopic (exact) mass is 176 g/mol. The Balaban J connectivity index is 2.36. The van der Waals surface area contributed by atoms with Gasteiger partial charge in [-0.1, -0.05) is 6.92 Å². The standard InChI is InChI=1S/C7H12O3S/c1-2-3-11(8)5-7-4-9-6-10-7/h5H,2-4,6H2,1H3. The fourth-order valence-corrected chi connectivity index (χ4v) is 1.73. The van der Waals surface area contributed by atoms with Crippen molar-refractivity contribution in [3.8, 4) is 0 Å². The second kappa shape index (κ2) is 4.51. The second-order valence-electron chi connectivity index (χ2n) is 2.28. The van der Waals surface area contributed by atoms with E-state index in [4.69, 9.17) is 9.47 Å². The van der Waals surface area contributed by atoms with E-state index in [-0.39, 0.29) is 0 Å². The molecule has 0 aliphatic carbocycles. The first-order chi connectivity index (χ1) is 5.33. The lowest BCUT2D eigenvalue weighted by atomic mass is 10.6. The maximum absolute atomic E-state index is 11.1. The molecule has 0 amide bonds. The summed E-state index contributed by atoms with van der Waals surface area (Å²) in [5.74, 6) is 1.41. The summed E-state index contributed by atoms with van der Waals surface area (Å²) in [4.78, 5) is 0. The number of ether oxygens (including phenoxy) is 2. The molecule has 1 aliphatic rings. The molecule has 11 heavy (non-hydrogen) atoms. The molecule has 0 spiro atoms. The molecule has 0 saturated carbocycles. The van der Waals surface area contributed by atoms with Crippen LogP contribution >= 0.6 is 0 Å². The summed E-state index contributed by atoms with van der Waals surface area (Å²) < 4.78 is 21.0. The highest BCUT2D eigenvalue weighted by Gasteiger charge is 2.08. The van der Waals surface area contributed by atoms with Crippen molar-refractivity contribution < 1.29 is 13.7 Å². The van der Waals surface area contributed by atoms with E-state index in [2.05, 4.69) is 0 Å². The van der Waals surface area contributed by atoms with Crippen LogP contribution in [0, 0.1) is 0 Å². The Labute approximate surface area is 68.8 Å². The maximum Gasteiger partial charge on any atom is 0.189 e. The van der Waals surface area contributed by atoms with Crippen molar-refractivity contribution in [1.82, 2.24) is 0 Å². The molecular weight excluding hydrogens is 164 g/mol. The van der Waals surface area contributed by atoms with Gasteiger partial charge in [0.2, 0.25) is 0 Å². The van der Waals surface area contributed by atoms with Crippen LogP contribution in [-0.4, -0.2) is 23.4 Å². The highest BCUT2D eigenvalue weighted by molar-refractivity contribution is 7.87. The van der Waals surface area contributed by atoms with E-state index in [9.17, 15) is 4.21 Å². The number of hydrogen-bond donors (Lipinski definition) is 0. The van der Waals surface area contributed by atoms with E-state index in [1.165, 1.54) is 0 Å². The van der Waals surface area contributed by atoms with Gasteiger partial charge in [0.25, 0.3) is 0 Å². The van der Waals surface area contributed by atoms with Gasteiger partial charge in [-0.3, -0.25) is 4.21 Å². The summed E-state index contributed by atoms with van der Waals surface area (Å²) in [5, 5.41) is 1.64. The van der Waals surface area contributed by atoms with Crippen LogP contribution < -0.4 is 0 Å². The molecule has 1 heterocycles. The maximum atomic E-state index is 11.1. The van der Waals surface area contributed by atoms with Crippen molar-refractivity contribution in [3.05, 3.63) is 11.2 Å². The van der Waals surface area contributed by atoms with E-state index in [1.54, 1.807) is 5.41 Å². The van der Waals surface area contributed by atoms with E-state index < -0.39 is 10.8 Å². The first kappa shape index (κ1) is 8.74. The van der Waals surface area contributed by atoms with Crippen LogP contribution in [-0.2, 0) is 20.3 Å². The van der Waals surface area contributed by atoms with Crippen LogP contribution in [0.4, 0.5) is 0 Å². The van der Waals surface area contributed by atoms with E-state index in [1.807, 2.05) is 6.92 Å². The molecule has 0 aromatic heterocycles. The zero-order chi connectivity index (χ0) is 8.10. The van der Waals surface area contributed by atoms with Crippen LogP contribution in [0.1, 0.15) is 13.3 Å². The van der Waals surface area contributed by atoms with Crippen LogP contribution in [0.3, 0.4) is 0 Å². The lowest BCUT2D eigenvalue weighted by Gasteiger charge is -1.94. The molecule has 4 heteroatoms. The Morgan fingerprint density at radius 1 is 1.73 bits per heavy atom. The molecule has 0 bridgehead atoms. The molecule has 3 nitrogen and oxygen atoms in total. The molecule has 1 atom stereocenters. The number of rotatable bonds is 3. The molecule has 0 aromatic rings. The lowest BCUT2D eigenvalue weighted by molar-refractivity contribution is 0.0801. The van der Waals surface area contributed by atoms with Crippen LogP contribution in [0.5, 0.6) is 0 Å². The van der Waals surface area contributed by atoms with Crippen LogP contribution in [0.25, 0.3) is 0 Å². The van der Waals surface area contributed by atoms with E-state index in [0.29, 0.717) is 24.9 Å². The van der Waals surface area contributed by atoms with Crippen molar-refractivity contribution in [2.75, 3.05) is 19.2 Å². The SMILES string of the molecule is CCCS(=O)C=C1COCO1. The number of hydrogen-bond acceptors (Lipinski definition) is 3. The quantitative estimate of drug-likeness (QED) is 0.643. The Morgan fingerprint density at radius 3 is 3.09 bits per heavy atom. The molecule has 64 valence electrons. The summed E-state index contributed by atoms with van der Waals surface area (Å²) in [6.07, 6.45) is 0.928. The molecule has 1 aliphatic heterocycles. The Bertz CT molecular complexity index is 169. The predicted octanol–water partition coefficient (Wildman–Crippen LogP) is 0.991. The van der Waals surface area contributed by atoms with Crippen molar-refractivity contribution >= 4 is 10.8 Å². The minimum Gasteiger partial charge on any atom is -0.469 e. The molecule has 0 aromatic carbocycles. The molecule has 1 fully saturated rings. The fraction of sp³-hybridized carbons (Fsp3) is 0.714. The van der Waals surface area contributed by atoms with Gasteiger partial charge in [0, 0.05) is 22.0 Å². The minimum absolute atomic E-state index is 0.301. The second-order valence-corrected chi connectivity index (χ2v) is 3.69. The average Bonchev–Trinajstić information content (AvgIpc) is 2.40. The van der Waals surface area contributed by atoms with Gasteiger partial charge in [0.1, 0.15) is 12.4 Å². The van der Waals surface area contributed by atoms with Gasteiger partial charge < -0.3 is 9.47 Å².